The van der Waals surface area contributed by atoms with Crippen LogP contribution in [0.1, 0.15) is 25.0 Å². The molecular weight excluding hydrogens is 186 g/mol. The molecule has 5 heteroatoms. The normalized spacial score (nSPS) is 12.4. The van der Waals surface area contributed by atoms with E-state index in [1.165, 1.54) is 13.2 Å². The second kappa shape index (κ2) is 4.55. The molecule has 0 aromatic carbocycles. The lowest BCUT2D eigenvalue weighted by atomic mass is 10.0. The van der Waals surface area contributed by atoms with Crippen LogP contribution in [0.15, 0.2) is 22.8 Å². The Morgan fingerprint density at radius 1 is 1.71 bits per heavy atom. The van der Waals surface area contributed by atoms with Crippen molar-refractivity contribution in [3.05, 3.63) is 34.3 Å². The minimum atomic E-state index is -0.447. The van der Waals surface area contributed by atoms with Gasteiger partial charge in [-0.2, -0.15) is 0 Å². The van der Waals surface area contributed by atoms with Crippen molar-refractivity contribution in [1.82, 2.24) is 0 Å². The highest BCUT2D eigenvalue weighted by molar-refractivity contribution is 5.76. The first kappa shape index (κ1) is 10.4. The van der Waals surface area contributed by atoms with E-state index < -0.39 is 10.8 Å². The molecule has 1 unspecified atom stereocenters. The van der Waals surface area contributed by atoms with Gasteiger partial charge in [0.2, 0.25) is 6.54 Å². The number of Topliss-reactive ketones (excluding diaryl/α,β-unsaturated/α-hetero) is 1. The number of carbonyl (C=O) groups is 1. The van der Waals surface area contributed by atoms with E-state index >= 15 is 0 Å². The van der Waals surface area contributed by atoms with E-state index in [0.717, 1.165) is 0 Å². The minimum absolute atomic E-state index is 0.0757. The molecule has 76 valence electrons. The molecular formula is C9H11NO4. The van der Waals surface area contributed by atoms with E-state index in [1.54, 1.807) is 12.1 Å². The third kappa shape index (κ3) is 3.01. The maximum absolute atomic E-state index is 10.9. The van der Waals surface area contributed by atoms with Crippen LogP contribution in [-0.4, -0.2) is 17.3 Å². The molecule has 1 aromatic rings. The summed E-state index contributed by atoms with van der Waals surface area (Å²) in [6.45, 7) is 1.14. The standard InChI is InChI=1S/C9H11NO4/c1-7(11)5-8(6-10(12)13)9-3-2-4-14-9/h2-4,8H,5-6H2,1H3. The molecule has 1 aromatic heterocycles. The van der Waals surface area contributed by atoms with Gasteiger partial charge in [0.25, 0.3) is 0 Å². The number of nitrogens with zero attached hydrogens (tertiary/aromatic N) is 1. The molecule has 1 heterocycles. The molecule has 0 N–H and O–H groups in total. The lowest BCUT2D eigenvalue weighted by molar-refractivity contribution is -0.483. The number of hydrogen-bond donors (Lipinski definition) is 0. The van der Waals surface area contributed by atoms with Gasteiger partial charge in [0, 0.05) is 11.3 Å². The van der Waals surface area contributed by atoms with Crippen LogP contribution in [0.5, 0.6) is 0 Å². The molecule has 1 atom stereocenters. The number of carbonyl (C=O) groups excluding carboxylic acids is 1. The van der Waals surface area contributed by atoms with Crippen molar-refractivity contribution >= 4 is 5.78 Å². The van der Waals surface area contributed by atoms with Crippen LogP contribution in [0.4, 0.5) is 0 Å². The largest absolute Gasteiger partial charge is 0.469 e. The number of hydrogen-bond acceptors (Lipinski definition) is 4. The van der Waals surface area contributed by atoms with Crippen molar-refractivity contribution in [3.8, 4) is 0 Å². The van der Waals surface area contributed by atoms with Crippen molar-refractivity contribution in [1.29, 1.82) is 0 Å². The topological polar surface area (TPSA) is 73.3 Å². The van der Waals surface area contributed by atoms with Gasteiger partial charge < -0.3 is 4.42 Å². The molecule has 0 fully saturated rings. The first-order chi connectivity index (χ1) is 6.59. The van der Waals surface area contributed by atoms with Gasteiger partial charge in [-0.1, -0.05) is 0 Å². The van der Waals surface area contributed by atoms with E-state index in [2.05, 4.69) is 0 Å². The van der Waals surface area contributed by atoms with Gasteiger partial charge in [0.15, 0.2) is 0 Å². The van der Waals surface area contributed by atoms with E-state index in [-0.39, 0.29) is 18.7 Å². The molecule has 0 aliphatic heterocycles. The Kier molecular flexibility index (Phi) is 3.39. The van der Waals surface area contributed by atoms with Crippen LogP contribution < -0.4 is 0 Å². The Balaban J connectivity index is 2.71. The molecule has 0 amide bonds. The van der Waals surface area contributed by atoms with Gasteiger partial charge in [-0.3, -0.25) is 14.9 Å². The first-order valence-corrected chi connectivity index (χ1v) is 4.24. The maximum atomic E-state index is 10.9. The zero-order chi connectivity index (χ0) is 10.6. The molecule has 0 bridgehead atoms. The molecule has 0 aliphatic rings. The predicted molar refractivity (Wildman–Crippen MR) is 48.6 cm³/mol. The number of rotatable bonds is 5. The van der Waals surface area contributed by atoms with Gasteiger partial charge in [-0.05, 0) is 19.1 Å². The van der Waals surface area contributed by atoms with Crippen molar-refractivity contribution < 1.29 is 14.1 Å². The Morgan fingerprint density at radius 3 is 2.86 bits per heavy atom. The summed E-state index contributed by atoms with van der Waals surface area (Å²) in [5.74, 6) is -0.0253. The number of ketones is 1. The van der Waals surface area contributed by atoms with Crippen LogP contribution in [-0.2, 0) is 4.79 Å². The second-order valence-corrected chi connectivity index (χ2v) is 3.13. The highest BCUT2D eigenvalue weighted by Crippen LogP contribution is 2.20. The first-order valence-electron chi connectivity index (χ1n) is 4.24. The van der Waals surface area contributed by atoms with Gasteiger partial charge in [-0.25, -0.2) is 0 Å². The van der Waals surface area contributed by atoms with Crippen LogP contribution in [0.2, 0.25) is 0 Å². The summed E-state index contributed by atoms with van der Waals surface area (Å²) in [5, 5.41) is 10.3. The summed E-state index contributed by atoms with van der Waals surface area (Å²) in [7, 11) is 0. The quantitative estimate of drug-likeness (QED) is 0.531. The highest BCUT2D eigenvalue weighted by Gasteiger charge is 2.21. The van der Waals surface area contributed by atoms with Crippen molar-refractivity contribution in [2.75, 3.05) is 6.54 Å². The zero-order valence-electron chi connectivity index (χ0n) is 7.80. The summed E-state index contributed by atoms with van der Waals surface area (Å²) in [6, 6.07) is 3.31. The predicted octanol–water partition coefficient (Wildman–Crippen LogP) is 1.62. The molecule has 0 spiro atoms. The van der Waals surface area contributed by atoms with Crippen LogP contribution in [0.25, 0.3) is 0 Å². The molecule has 14 heavy (non-hydrogen) atoms. The summed E-state index contributed by atoms with van der Waals surface area (Å²) in [5.41, 5.74) is 0. The van der Waals surface area contributed by atoms with E-state index in [0.29, 0.717) is 5.76 Å². The summed E-state index contributed by atoms with van der Waals surface area (Å²) < 4.78 is 5.04. The second-order valence-electron chi connectivity index (χ2n) is 3.13. The average Bonchev–Trinajstić information content (AvgIpc) is 2.52. The fraction of sp³-hybridized carbons (Fsp3) is 0.444. The smallest absolute Gasteiger partial charge is 0.214 e. The van der Waals surface area contributed by atoms with Crippen molar-refractivity contribution in [2.45, 2.75) is 19.3 Å². The lowest BCUT2D eigenvalue weighted by Gasteiger charge is -2.06. The van der Waals surface area contributed by atoms with Gasteiger partial charge in [0.1, 0.15) is 11.5 Å². The van der Waals surface area contributed by atoms with Crippen LogP contribution in [0.3, 0.4) is 0 Å². The third-order valence-corrected chi connectivity index (χ3v) is 1.85. The Morgan fingerprint density at radius 2 is 2.43 bits per heavy atom. The van der Waals surface area contributed by atoms with E-state index in [4.69, 9.17) is 4.42 Å². The molecule has 0 aliphatic carbocycles. The zero-order valence-corrected chi connectivity index (χ0v) is 7.80. The monoisotopic (exact) mass is 197 g/mol. The van der Waals surface area contributed by atoms with Gasteiger partial charge in [-0.15, -0.1) is 0 Å². The maximum Gasteiger partial charge on any atom is 0.214 e. The number of furan rings is 1. The summed E-state index contributed by atoms with van der Waals surface area (Å²) in [4.78, 5) is 20.8. The summed E-state index contributed by atoms with van der Waals surface area (Å²) >= 11 is 0. The highest BCUT2D eigenvalue weighted by atomic mass is 16.6. The average molecular weight is 197 g/mol. The lowest BCUT2D eigenvalue weighted by Crippen LogP contribution is -2.14. The molecule has 0 radical (unpaired) electrons. The minimum Gasteiger partial charge on any atom is -0.469 e. The van der Waals surface area contributed by atoms with Crippen LogP contribution in [0, 0.1) is 10.1 Å². The summed E-state index contributed by atoms with van der Waals surface area (Å²) in [6.07, 6.45) is 1.59. The molecule has 5 nitrogen and oxygen atoms in total. The van der Waals surface area contributed by atoms with Gasteiger partial charge >= 0.3 is 0 Å². The van der Waals surface area contributed by atoms with Crippen molar-refractivity contribution in [2.24, 2.45) is 0 Å². The number of nitro groups is 1. The Bertz CT molecular complexity index is 302. The van der Waals surface area contributed by atoms with E-state index in [1.807, 2.05) is 0 Å². The van der Waals surface area contributed by atoms with Crippen LogP contribution >= 0.6 is 0 Å². The van der Waals surface area contributed by atoms with E-state index in [9.17, 15) is 14.9 Å². The van der Waals surface area contributed by atoms with Crippen molar-refractivity contribution in [3.63, 3.8) is 0 Å². The van der Waals surface area contributed by atoms with Gasteiger partial charge in [0.05, 0.1) is 12.2 Å². The third-order valence-electron chi connectivity index (χ3n) is 1.85. The molecule has 0 saturated carbocycles. The SMILES string of the molecule is CC(=O)CC(C[N+](=O)[O-])c1ccco1. The molecule has 1 rings (SSSR count). The fourth-order valence-electron chi connectivity index (χ4n) is 1.31. The fourth-order valence-corrected chi connectivity index (χ4v) is 1.31. The Hall–Kier alpha value is -1.65. The Labute approximate surface area is 80.9 Å². The molecule has 0 saturated heterocycles.